The van der Waals surface area contributed by atoms with E-state index in [9.17, 15) is 4.79 Å². The monoisotopic (exact) mass is 369 g/mol. The van der Waals surface area contributed by atoms with Crippen molar-refractivity contribution in [1.29, 1.82) is 0 Å². The third-order valence-electron chi connectivity index (χ3n) is 5.32. The van der Waals surface area contributed by atoms with Gasteiger partial charge in [0.15, 0.2) is 0 Å². The van der Waals surface area contributed by atoms with Crippen molar-refractivity contribution < 1.29 is 14.3 Å². The van der Waals surface area contributed by atoms with Gasteiger partial charge in [-0.2, -0.15) is 5.10 Å². The van der Waals surface area contributed by atoms with Crippen LogP contribution in [0.1, 0.15) is 43.9 Å². The second-order valence-corrected chi connectivity index (χ2v) is 7.33. The first kappa shape index (κ1) is 18.2. The Morgan fingerprint density at radius 1 is 1.30 bits per heavy atom. The van der Waals surface area contributed by atoms with E-state index in [0.717, 1.165) is 67.9 Å². The number of anilines is 1. The molecule has 1 aromatic carbocycles. The number of nitrogens with zero attached hydrogens (tertiary/aromatic N) is 2. The molecule has 2 aromatic rings. The molecule has 6 heteroatoms. The molecule has 2 heterocycles. The largest absolute Gasteiger partial charge is 0.376 e. The van der Waals surface area contributed by atoms with Gasteiger partial charge in [-0.1, -0.05) is 18.2 Å². The van der Waals surface area contributed by atoms with Crippen molar-refractivity contribution in [3.63, 3.8) is 0 Å². The van der Waals surface area contributed by atoms with Crippen molar-refractivity contribution in [3.8, 4) is 5.69 Å². The highest BCUT2D eigenvalue weighted by molar-refractivity contribution is 5.94. The number of hydrogen-bond acceptors (Lipinski definition) is 4. The van der Waals surface area contributed by atoms with Crippen molar-refractivity contribution >= 4 is 11.7 Å². The third-order valence-corrected chi connectivity index (χ3v) is 5.32. The Bertz CT molecular complexity index is 781. The van der Waals surface area contributed by atoms with Gasteiger partial charge in [-0.15, -0.1) is 0 Å². The highest BCUT2D eigenvalue weighted by Gasteiger charge is 2.26. The number of hydrogen-bond donors (Lipinski definition) is 1. The van der Waals surface area contributed by atoms with Crippen LogP contribution in [0.15, 0.2) is 30.3 Å². The number of aryl methyl sites for hydroxylation is 1. The lowest BCUT2D eigenvalue weighted by molar-refractivity contribution is -0.130. The summed E-state index contributed by atoms with van der Waals surface area (Å²) in [5.41, 5.74) is 3.18. The van der Waals surface area contributed by atoms with Gasteiger partial charge in [0.25, 0.3) is 5.91 Å². The van der Waals surface area contributed by atoms with E-state index in [2.05, 4.69) is 5.32 Å². The number of para-hydroxylation sites is 1. The fraction of sp³-hybridized carbons (Fsp3) is 0.524. The molecule has 1 fully saturated rings. The number of fused-ring (bicyclic) bond motifs is 1. The molecular formula is C21H27N3O3. The molecule has 144 valence electrons. The van der Waals surface area contributed by atoms with Crippen LogP contribution in [0.25, 0.3) is 5.69 Å². The Balaban J connectivity index is 1.46. The molecule has 1 aromatic heterocycles. The summed E-state index contributed by atoms with van der Waals surface area (Å²) >= 11 is 0. The molecular weight excluding hydrogens is 342 g/mol. The van der Waals surface area contributed by atoms with Crippen molar-refractivity contribution in [2.24, 2.45) is 0 Å². The van der Waals surface area contributed by atoms with Crippen molar-refractivity contribution in [1.82, 2.24) is 9.78 Å². The second-order valence-electron chi connectivity index (χ2n) is 7.33. The van der Waals surface area contributed by atoms with Gasteiger partial charge in [-0.25, -0.2) is 4.68 Å². The van der Waals surface area contributed by atoms with Crippen LogP contribution in [-0.2, 0) is 27.1 Å². The number of nitrogens with one attached hydrogen (secondary N) is 1. The lowest BCUT2D eigenvalue weighted by Gasteiger charge is -2.24. The van der Waals surface area contributed by atoms with Gasteiger partial charge >= 0.3 is 0 Å². The van der Waals surface area contributed by atoms with Gasteiger partial charge in [0, 0.05) is 12.2 Å². The first-order valence-electron chi connectivity index (χ1n) is 9.92. The van der Waals surface area contributed by atoms with Crippen LogP contribution in [-0.4, -0.2) is 41.1 Å². The molecule has 2 aliphatic rings. The predicted octanol–water partition coefficient (Wildman–Crippen LogP) is 3.27. The van der Waals surface area contributed by atoms with Crippen LogP contribution in [0.3, 0.4) is 0 Å². The summed E-state index contributed by atoms with van der Waals surface area (Å²) < 4.78 is 13.3. The van der Waals surface area contributed by atoms with E-state index >= 15 is 0 Å². The Morgan fingerprint density at radius 3 is 2.93 bits per heavy atom. The zero-order valence-corrected chi connectivity index (χ0v) is 15.8. The lowest BCUT2D eigenvalue weighted by Crippen LogP contribution is -2.33. The second kappa shape index (κ2) is 8.23. The van der Waals surface area contributed by atoms with Gasteiger partial charge in [0.05, 0.1) is 24.1 Å². The summed E-state index contributed by atoms with van der Waals surface area (Å²) in [7, 11) is 0. The number of carbonyl (C=O) groups excluding carboxylic acids is 1. The number of ether oxygens (including phenoxy) is 2. The fourth-order valence-electron chi connectivity index (χ4n) is 3.76. The summed E-state index contributed by atoms with van der Waals surface area (Å²) in [5, 5.41) is 7.81. The maximum absolute atomic E-state index is 12.7. The minimum Gasteiger partial charge on any atom is -0.376 e. The summed E-state index contributed by atoms with van der Waals surface area (Å²) in [5.74, 6) is 0.639. The zero-order chi connectivity index (χ0) is 18.6. The van der Waals surface area contributed by atoms with E-state index in [1.165, 1.54) is 0 Å². The highest BCUT2D eigenvalue weighted by atomic mass is 16.5. The molecule has 1 N–H and O–H groups in total. The lowest BCUT2D eigenvalue weighted by atomic mass is 10.1. The van der Waals surface area contributed by atoms with Crippen LogP contribution in [0.4, 0.5) is 5.82 Å². The summed E-state index contributed by atoms with van der Waals surface area (Å²) in [6, 6.07) is 9.92. The van der Waals surface area contributed by atoms with Gasteiger partial charge in [0.2, 0.25) is 0 Å². The fourth-order valence-corrected chi connectivity index (χ4v) is 3.76. The maximum atomic E-state index is 12.7. The van der Waals surface area contributed by atoms with E-state index in [1.807, 2.05) is 35.0 Å². The van der Waals surface area contributed by atoms with Gasteiger partial charge < -0.3 is 14.8 Å². The van der Waals surface area contributed by atoms with Crippen LogP contribution in [0.5, 0.6) is 0 Å². The minimum absolute atomic E-state index is 0.105. The van der Waals surface area contributed by atoms with Crippen LogP contribution in [0, 0.1) is 0 Å². The number of amides is 1. The molecule has 1 amide bonds. The van der Waals surface area contributed by atoms with E-state index in [-0.39, 0.29) is 12.0 Å². The first-order valence-corrected chi connectivity index (χ1v) is 9.92. The smallest absolute Gasteiger partial charge is 0.254 e. The standard InChI is InChI=1S/C21H27N3O3/c1-15(27-14-17-10-5-6-13-26-17)21(25)22-20-18-11-7-12-19(18)23-24(20)16-8-3-2-4-9-16/h2-4,8-9,15,17H,5-7,10-14H2,1H3,(H,22,25). The molecule has 0 spiro atoms. The number of carbonyl (C=O) groups is 1. The molecule has 0 bridgehead atoms. The number of aromatic nitrogens is 2. The van der Waals surface area contributed by atoms with Gasteiger partial charge in [-0.3, -0.25) is 4.79 Å². The molecule has 1 aliphatic heterocycles. The van der Waals surface area contributed by atoms with Gasteiger partial charge in [-0.05, 0) is 57.6 Å². The molecule has 27 heavy (non-hydrogen) atoms. The maximum Gasteiger partial charge on any atom is 0.254 e. The van der Waals surface area contributed by atoms with Gasteiger partial charge in [0.1, 0.15) is 11.9 Å². The van der Waals surface area contributed by atoms with Crippen molar-refractivity contribution in [3.05, 3.63) is 41.6 Å². The minimum atomic E-state index is -0.535. The quantitative estimate of drug-likeness (QED) is 0.849. The molecule has 6 nitrogen and oxygen atoms in total. The van der Waals surface area contributed by atoms with Crippen molar-refractivity contribution in [2.45, 2.75) is 57.7 Å². The summed E-state index contributed by atoms with van der Waals surface area (Å²) in [4.78, 5) is 12.7. The SMILES string of the molecule is CC(OCC1CCCCO1)C(=O)Nc1c2c(nn1-c1ccccc1)CCC2. The molecule has 1 saturated heterocycles. The van der Waals surface area contributed by atoms with Crippen LogP contribution < -0.4 is 5.32 Å². The molecule has 2 unspecified atom stereocenters. The van der Waals surface area contributed by atoms with E-state index in [1.54, 1.807) is 6.92 Å². The summed E-state index contributed by atoms with van der Waals surface area (Å²) in [6.45, 7) is 3.04. The topological polar surface area (TPSA) is 65.4 Å². The third kappa shape index (κ3) is 4.06. The first-order chi connectivity index (χ1) is 13.2. The highest BCUT2D eigenvalue weighted by Crippen LogP contribution is 2.31. The number of rotatable bonds is 6. The Hall–Kier alpha value is -2.18. The normalized spacial score (nSPS) is 20.3. The van der Waals surface area contributed by atoms with E-state index < -0.39 is 6.10 Å². The average molecular weight is 369 g/mol. The van der Waals surface area contributed by atoms with Crippen molar-refractivity contribution in [2.75, 3.05) is 18.5 Å². The van der Waals surface area contributed by atoms with Crippen LogP contribution in [0.2, 0.25) is 0 Å². The Morgan fingerprint density at radius 2 is 2.15 bits per heavy atom. The van der Waals surface area contributed by atoms with Crippen LogP contribution >= 0.6 is 0 Å². The Labute approximate surface area is 159 Å². The molecule has 1 aliphatic carbocycles. The molecule has 2 atom stereocenters. The number of benzene rings is 1. The Kier molecular flexibility index (Phi) is 5.55. The molecule has 4 rings (SSSR count). The van der Waals surface area contributed by atoms with E-state index in [4.69, 9.17) is 14.6 Å². The average Bonchev–Trinajstić information content (AvgIpc) is 3.30. The zero-order valence-electron chi connectivity index (χ0n) is 15.8. The molecule has 0 radical (unpaired) electrons. The summed E-state index contributed by atoms with van der Waals surface area (Å²) in [6.07, 6.45) is 5.84. The molecule has 0 saturated carbocycles. The van der Waals surface area contributed by atoms with E-state index in [0.29, 0.717) is 6.61 Å². The predicted molar refractivity (Wildman–Crippen MR) is 103 cm³/mol.